The molecule has 5 heteroatoms. The molecule has 1 aromatic rings. The first kappa shape index (κ1) is 16.1. The molecule has 0 aliphatic carbocycles. The molecule has 0 heterocycles. The molecule has 0 aliphatic rings. The topological polar surface area (TPSA) is 38.7 Å². The van der Waals surface area contributed by atoms with E-state index in [1.165, 1.54) is 0 Å². The van der Waals surface area contributed by atoms with Gasteiger partial charge in [0, 0.05) is 0 Å². The Hall–Kier alpha value is -0.963. The maximum atomic E-state index is 10.3. The van der Waals surface area contributed by atoms with Crippen LogP contribution in [0.3, 0.4) is 0 Å². The molecule has 0 aromatic heterocycles. The van der Waals surface area contributed by atoms with Crippen molar-refractivity contribution in [3.8, 4) is 23.0 Å². The molecule has 0 fully saturated rings. The van der Waals surface area contributed by atoms with Gasteiger partial charge in [-0.2, -0.15) is 0 Å². The Bertz CT molecular complexity index is 512. The van der Waals surface area contributed by atoms with Gasteiger partial charge in [-0.1, -0.05) is 25.6 Å². The molecule has 0 radical (unpaired) electrons. The number of aliphatic hydroxyl groups is 1. The number of hydrogen-bond acceptors (Lipinski definition) is 3. The number of aliphatic hydroxyl groups excluding tert-OH is 1. The molecule has 0 saturated carbocycles. The summed E-state index contributed by atoms with van der Waals surface area (Å²) in [4.78, 5) is 0. The largest absolute Gasteiger partial charge is 0.496 e. The molecular formula is C14H19BrO3Si. The van der Waals surface area contributed by atoms with E-state index in [-0.39, 0.29) is 0 Å². The molecule has 0 aliphatic heterocycles. The van der Waals surface area contributed by atoms with Gasteiger partial charge in [-0.3, -0.25) is 0 Å². The molecule has 0 unspecified atom stereocenters. The SMILES string of the molecule is COc1ccc(OC)c([C@H](O)C#C[Si](C)(C)C)c1Br. The maximum absolute atomic E-state index is 10.3. The Morgan fingerprint density at radius 3 is 2.16 bits per heavy atom. The molecule has 3 nitrogen and oxygen atoms in total. The first-order valence-electron chi connectivity index (χ1n) is 5.91. The highest BCUT2D eigenvalue weighted by Gasteiger charge is 2.19. The monoisotopic (exact) mass is 342 g/mol. The fourth-order valence-electron chi connectivity index (χ4n) is 1.50. The van der Waals surface area contributed by atoms with Gasteiger partial charge >= 0.3 is 0 Å². The summed E-state index contributed by atoms with van der Waals surface area (Å²) in [7, 11) is 1.62. The Labute approximate surface area is 124 Å². The van der Waals surface area contributed by atoms with Crippen molar-refractivity contribution in [2.45, 2.75) is 25.7 Å². The van der Waals surface area contributed by atoms with Gasteiger partial charge in [0.25, 0.3) is 0 Å². The van der Waals surface area contributed by atoms with E-state index in [1.807, 2.05) is 0 Å². The van der Waals surface area contributed by atoms with Crippen LogP contribution in [0.15, 0.2) is 16.6 Å². The zero-order chi connectivity index (χ0) is 14.6. The second kappa shape index (κ2) is 6.46. The number of halogens is 1. The van der Waals surface area contributed by atoms with Crippen LogP contribution >= 0.6 is 15.9 Å². The molecule has 0 spiro atoms. The molecule has 0 bridgehead atoms. The molecule has 0 saturated heterocycles. The lowest BCUT2D eigenvalue weighted by atomic mass is 10.1. The molecule has 1 N–H and O–H groups in total. The predicted molar refractivity (Wildman–Crippen MR) is 83.3 cm³/mol. The van der Waals surface area contributed by atoms with Crippen LogP contribution in [0.25, 0.3) is 0 Å². The van der Waals surface area contributed by atoms with Crippen molar-refractivity contribution >= 4 is 24.0 Å². The van der Waals surface area contributed by atoms with E-state index in [0.717, 1.165) is 0 Å². The van der Waals surface area contributed by atoms with E-state index in [0.29, 0.717) is 21.5 Å². The van der Waals surface area contributed by atoms with E-state index in [4.69, 9.17) is 9.47 Å². The number of hydrogen-bond donors (Lipinski definition) is 1. The highest BCUT2D eigenvalue weighted by Crippen LogP contribution is 2.38. The average molecular weight is 343 g/mol. The van der Waals surface area contributed by atoms with Crippen molar-refractivity contribution < 1.29 is 14.6 Å². The van der Waals surface area contributed by atoms with Crippen molar-refractivity contribution in [2.24, 2.45) is 0 Å². The standard InChI is InChI=1S/C14H19BrO3Si/c1-17-11-6-7-12(18-2)14(15)13(11)10(16)8-9-19(3,4)5/h6-7,10,16H,1-5H3/t10-/m1/s1. The molecule has 19 heavy (non-hydrogen) atoms. The van der Waals surface area contributed by atoms with Gasteiger partial charge in [0.2, 0.25) is 0 Å². The van der Waals surface area contributed by atoms with Crippen LogP contribution in [0.4, 0.5) is 0 Å². The first-order valence-corrected chi connectivity index (χ1v) is 10.2. The van der Waals surface area contributed by atoms with Crippen molar-refractivity contribution in [3.63, 3.8) is 0 Å². The van der Waals surface area contributed by atoms with E-state index in [1.54, 1.807) is 26.4 Å². The third kappa shape index (κ3) is 4.27. The minimum Gasteiger partial charge on any atom is -0.496 e. The number of rotatable bonds is 3. The van der Waals surface area contributed by atoms with Crippen molar-refractivity contribution in [3.05, 3.63) is 22.2 Å². The highest BCUT2D eigenvalue weighted by atomic mass is 79.9. The van der Waals surface area contributed by atoms with E-state index >= 15 is 0 Å². The third-order valence-corrected chi connectivity index (χ3v) is 4.11. The average Bonchev–Trinajstić information content (AvgIpc) is 2.34. The van der Waals surface area contributed by atoms with Crippen LogP contribution in [-0.2, 0) is 0 Å². The molecule has 1 aromatic carbocycles. The zero-order valence-electron chi connectivity index (χ0n) is 11.9. The van der Waals surface area contributed by atoms with Crippen LogP contribution in [0.5, 0.6) is 11.5 Å². The maximum Gasteiger partial charge on any atom is 0.144 e. The van der Waals surface area contributed by atoms with E-state index < -0.39 is 14.2 Å². The van der Waals surface area contributed by atoms with E-state index in [2.05, 4.69) is 47.0 Å². The number of benzene rings is 1. The van der Waals surface area contributed by atoms with E-state index in [9.17, 15) is 5.11 Å². The van der Waals surface area contributed by atoms with Gasteiger partial charge in [-0.05, 0) is 28.1 Å². The number of methoxy groups -OCH3 is 2. The van der Waals surface area contributed by atoms with Crippen LogP contribution in [0.2, 0.25) is 19.6 Å². The molecule has 104 valence electrons. The van der Waals surface area contributed by atoms with Gasteiger partial charge in [0.15, 0.2) is 0 Å². The van der Waals surface area contributed by atoms with Gasteiger partial charge < -0.3 is 14.6 Å². The molecule has 1 rings (SSSR count). The lowest BCUT2D eigenvalue weighted by Crippen LogP contribution is -2.17. The predicted octanol–water partition coefficient (Wildman–Crippen LogP) is 3.38. The van der Waals surface area contributed by atoms with Crippen molar-refractivity contribution in [2.75, 3.05) is 14.2 Å². The Morgan fingerprint density at radius 1 is 1.16 bits per heavy atom. The second-order valence-corrected chi connectivity index (χ2v) is 10.7. The first-order chi connectivity index (χ1) is 8.80. The molecular weight excluding hydrogens is 324 g/mol. The lowest BCUT2D eigenvalue weighted by Gasteiger charge is -2.15. The van der Waals surface area contributed by atoms with Crippen LogP contribution in [0.1, 0.15) is 11.7 Å². The van der Waals surface area contributed by atoms with Crippen molar-refractivity contribution in [1.29, 1.82) is 0 Å². The third-order valence-electron chi connectivity index (χ3n) is 2.40. The Morgan fingerprint density at radius 2 is 1.68 bits per heavy atom. The number of ether oxygens (including phenoxy) is 2. The summed E-state index contributed by atoms with van der Waals surface area (Å²) in [5.41, 5.74) is 3.76. The highest BCUT2D eigenvalue weighted by molar-refractivity contribution is 9.10. The minimum absolute atomic E-state index is 0.588. The lowest BCUT2D eigenvalue weighted by molar-refractivity contribution is 0.230. The Balaban J connectivity index is 3.26. The summed E-state index contributed by atoms with van der Waals surface area (Å²) >= 11 is 3.43. The molecule has 0 amide bonds. The van der Waals surface area contributed by atoms with Gasteiger partial charge in [0.1, 0.15) is 25.7 Å². The summed E-state index contributed by atoms with van der Waals surface area (Å²) in [5.74, 6) is 4.14. The fraction of sp³-hybridized carbons (Fsp3) is 0.429. The summed E-state index contributed by atoms with van der Waals surface area (Å²) in [5, 5.41) is 10.3. The van der Waals surface area contributed by atoms with Gasteiger partial charge in [-0.25, -0.2) is 0 Å². The minimum atomic E-state index is -1.53. The summed E-state index contributed by atoms with van der Waals surface area (Å²) in [6, 6.07) is 3.55. The molecule has 1 atom stereocenters. The Kier molecular flexibility index (Phi) is 5.47. The van der Waals surface area contributed by atoms with Crippen molar-refractivity contribution in [1.82, 2.24) is 0 Å². The van der Waals surface area contributed by atoms with Gasteiger partial charge in [-0.15, -0.1) is 5.54 Å². The normalized spacial score (nSPS) is 12.4. The zero-order valence-corrected chi connectivity index (χ0v) is 14.5. The summed E-state index contributed by atoms with van der Waals surface area (Å²) < 4.78 is 11.2. The fourth-order valence-corrected chi connectivity index (χ4v) is 2.78. The smallest absolute Gasteiger partial charge is 0.144 e. The quantitative estimate of drug-likeness (QED) is 0.675. The summed E-state index contributed by atoms with van der Waals surface area (Å²) in [6.07, 6.45) is -0.897. The van der Waals surface area contributed by atoms with Crippen LogP contribution < -0.4 is 9.47 Å². The van der Waals surface area contributed by atoms with Gasteiger partial charge in [0.05, 0.1) is 24.3 Å². The van der Waals surface area contributed by atoms with Crippen LogP contribution in [-0.4, -0.2) is 27.4 Å². The summed E-state index contributed by atoms with van der Waals surface area (Å²) in [6.45, 7) is 6.39. The van der Waals surface area contributed by atoms with Crippen LogP contribution in [0, 0.1) is 11.5 Å². The second-order valence-electron chi connectivity index (χ2n) is 5.12.